The summed E-state index contributed by atoms with van der Waals surface area (Å²) in [6, 6.07) is 5.61. The Morgan fingerprint density at radius 2 is 2.04 bits per heavy atom. The number of fused-ring (bicyclic) bond motifs is 5. The van der Waals surface area contributed by atoms with Crippen LogP contribution in [-0.2, 0) is 7.05 Å². The van der Waals surface area contributed by atoms with Gasteiger partial charge in [0.1, 0.15) is 10.2 Å². The summed E-state index contributed by atoms with van der Waals surface area (Å²) in [6.45, 7) is 0. The number of anilines is 1. The number of nitrogens with one attached hydrogen (secondary N) is 1. The van der Waals surface area contributed by atoms with Crippen LogP contribution in [0.25, 0.3) is 0 Å². The van der Waals surface area contributed by atoms with Crippen LogP contribution in [0.2, 0.25) is 0 Å². The Bertz CT molecular complexity index is 935. The van der Waals surface area contributed by atoms with Gasteiger partial charge in [-0.1, -0.05) is 35.3 Å². The van der Waals surface area contributed by atoms with Crippen molar-refractivity contribution < 1.29 is 13.6 Å². The van der Waals surface area contributed by atoms with E-state index in [1.165, 1.54) is 17.9 Å². The van der Waals surface area contributed by atoms with Crippen molar-refractivity contribution in [3.8, 4) is 0 Å². The second-order valence-electron chi connectivity index (χ2n) is 6.56. The number of halogens is 4. The van der Waals surface area contributed by atoms with Gasteiger partial charge in [-0.3, -0.25) is 9.48 Å². The molecule has 2 bridgehead atoms. The van der Waals surface area contributed by atoms with Crippen LogP contribution in [0.3, 0.4) is 0 Å². The minimum Gasteiger partial charge on any atom is -0.322 e. The van der Waals surface area contributed by atoms with Gasteiger partial charge in [-0.25, -0.2) is 8.78 Å². The summed E-state index contributed by atoms with van der Waals surface area (Å²) in [5.74, 6) is -0.390. The fraction of sp³-hybridized carbons (Fsp3) is 0.333. The van der Waals surface area contributed by atoms with E-state index >= 15 is 0 Å². The van der Waals surface area contributed by atoms with Gasteiger partial charge >= 0.3 is 0 Å². The Morgan fingerprint density at radius 3 is 2.73 bits per heavy atom. The summed E-state index contributed by atoms with van der Waals surface area (Å²) in [6.07, 6.45) is 0.343. The molecule has 1 amide bonds. The van der Waals surface area contributed by atoms with Crippen LogP contribution >= 0.6 is 23.2 Å². The maximum Gasteiger partial charge on any atom is 0.282 e. The van der Waals surface area contributed by atoms with Gasteiger partial charge in [0.05, 0.1) is 5.56 Å². The average molecular weight is 398 g/mol. The van der Waals surface area contributed by atoms with Gasteiger partial charge in [-0.15, -0.1) is 0 Å². The van der Waals surface area contributed by atoms with Crippen molar-refractivity contribution in [1.29, 1.82) is 0 Å². The monoisotopic (exact) mass is 397 g/mol. The van der Waals surface area contributed by atoms with E-state index < -0.39 is 18.0 Å². The molecule has 0 aliphatic heterocycles. The molecule has 1 N–H and O–H groups in total. The van der Waals surface area contributed by atoms with Gasteiger partial charge in [-0.2, -0.15) is 5.10 Å². The predicted octanol–water partition coefficient (Wildman–Crippen LogP) is 5.27. The number of aromatic nitrogens is 2. The minimum atomic E-state index is -2.82. The van der Waals surface area contributed by atoms with E-state index in [0.29, 0.717) is 5.69 Å². The van der Waals surface area contributed by atoms with Crippen LogP contribution in [0.1, 0.15) is 58.3 Å². The highest BCUT2D eigenvalue weighted by atomic mass is 35.5. The average Bonchev–Trinajstić information content (AvgIpc) is 3.26. The van der Waals surface area contributed by atoms with Crippen molar-refractivity contribution in [1.82, 2.24) is 9.78 Å². The largest absolute Gasteiger partial charge is 0.322 e. The number of alkyl halides is 2. The third-order valence-electron chi connectivity index (χ3n) is 5.13. The molecule has 0 radical (unpaired) electrons. The van der Waals surface area contributed by atoms with Crippen molar-refractivity contribution in [2.24, 2.45) is 7.05 Å². The molecule has 2 atom stereocenters. The smallest absolute Gasteiger partial charge is 0.282 e. The lowest BCUT2D eigenvalue weighted by Crippen LogP contribution is -2.16. The van der Waals surface area contributed by atoms with E-state index in [1.54, 1.807) is 6.07 Å². The highest BCUT2D eigenvalue weighted by Gasteiger charge is 2.44. The number of benzene rings is 1. The van der Waals surface area contributed by atoms with Gasteiger partial charge in [-0.05, 0) is 35.6 Å². The third-order valence-corrected chi connectivity index (χ3v) is 5.57. The summed E-state index contributed by atoms with van der Waals surface area (Å²) in [5, 5.41) is 6.46. The van der Waals surface area contributed by atoms with Crippen molar-refractivity contribution >= 4 is 34.8 Å². The van der Waals surface area contributed by atoms with Crippen molar-refractivity contribution in [2.45, 2.75) is 31.1 Å². The Hall–Kier alpha value is -1.92. The molecule has 2 aliphatic rings. The zero-order valence-electron chi connectivity index (χ0n) is 13.8. The van der Waals surface area contributed by atoms with Crippen LogP contribution in [0, 0.1) is 0 Å². The first kappa shape index (κ1) is 17.5. The Balaban J connectivity index is 1.71. The fourth-order valence-corrected chi connectivity index (χ4v) is 4.72. The maximum absolute atomic E-state index is 13.1. The molecular formula is C18H15Cl2F2N3O. The molecule has 1 saturated carbocycles. The molecule has 1 fully saturated rings. The molecular weight excluding hydrogens is 383 g/mol. The first-order chi connectivity index (χ1) is 12.4. The van der Waals surface area contributed by atoms with Crippen LogP contribution in [0.5, 0.6) is 0 Å². The van der Waals surface area contributed by atoms with Gasteiger partial charge in [0.25, 0.3) is 12.3 Å². The molecule has 2 aromatic rings. The molecule has 1 aromatic heterocycles. The zero-order valence-corrected chi connectivity index (χ0v) is 15.3. The van der Waals surface area contributed by atoms with Gasteiger partial charge < -0.3 is 5.32 Å². The molecule has 26 heavy (non-hydrogen) atoms. The summed E-state index contributed by atoms with van der Waals surface area (Å²) in [5.41, 5.74) is 3.01. The number of rotatable bonds is 3. The third kappa shape index (κ3) is 2.63. The summed E-state index contributed by atoms with van der Waals surface area (Å²) in [4.78, 5) is 12.6. The highest BCUT2D eigenvalue weighted by Crippen LogP contribution is 2.60. The van der Waals surface area contributed by atoms with E-state index in [2.05, 4.69) is 10.4 Å². The van der Waals surface area contributed by atoms with Crippen molar-refractivity contribution in [2.75, 3.05) is 5.32 Å². The standard InChI is InChI=1S/C18H15Cl2F2N3O/c1-25-7-11(15(24-25)17(21)22)18(26)23-12-4-2-3-8-9-5-6-10(13(8)12)14(9)16(19)20/h2-4,7,9-10,17H,5-6H2,1H3,(H,23,26)/t9-,10-/m0/s1. The molecule has 2 aliphatic carbocycles. The SMILES string of the molecule is Cn1cc(C(=O)Nc2cccc3c2[C@@H]2CC[C@@H]3C2=C(Cl)Cl)c(C(F)F)n1. The number of aryl methyl sites for hydroxylation is 1. The lowest BCUT2D eigenvalue weighted by atomic mass is 9.90. The number of amides is 1. The van der Waals surface area contributed by atoms with Crippen LogP contribution in [-0.4, -0.2) is 15.7 Å². The lowest BCUT2D eigenvalue weighted by Gasteiger charge is -2.18. The number of nitrogens with zero attached hydrogens (tertiary/aromatic N) is 2. The van der Waals surface area contributed by atoms with E-state index in [0.717, 1.165) is 29.5 Å². The van der Waals surface area contributed by atoms with E-state index in [4.69, 9.17) is 23.2 Å². The number of hydrogen-bond acceptors (Lipinski definition) is 2. The molecule has 0 saturated heterocycles. The molecule has 0 unspecified atom stereocenters. The van der Waals surface area contributed by atoms with Crippen LogP contribution in [0.15, 0.2) is 34.5 Å². The number of hydrogen-bond donors (Lipinski definition) is 1. The summed E-state index contributed by atoms with van der Waals surface area (Å²) in [7, 11) is 1.50. The quantitative estimate of drug-likeness (QED) is 0.766. The maximum atomic E-state index is 13.1. The van der Waals surface area contributed by atoms with Crippen molar-refractivity contribution in [3.05, 3.63) is 56.8 Å². The van der Waals surface area contributed by atoms with Gasteiger partial charge in [0.2, 0.25) is 0 Å². The second-order valence-corrected chi connectivity index (χ2v) is 7.51. The molecule has 4 nitrogen and oxygen atoms in total. The molecule has 1 aromatic carbocycles. The molecule has 4 rings (SSSR count). The normalized spacial score (nSPS) is 20.6. The first-order valence-electron chi connectivity index (χ1n) is 8.19. The van der Waals surface area contributed by atoms with Gasteiger partial charge in [0.15, 0.2) is 0 Å². The van der Waals surface area contributed by atoms with Crippen LogP contribution < -0.4 is 5.32 Å². The minimum absolute atomic E-state index is 0.0555. The Morgan fingerprint density at radius 1 is 1.31 bits per heavy atom. The molecule has 0 spiro atoms. The number of carbonyl (C=O) groups excluding carboxylic acids is 1. The predicted molar refractivity (Wildman–Crippen MR) is 96.0 cm³/mol. The number of allylic oxidation sites excluding steroid dienone is 1. The van der Waals surface area contributed by atoms with Gasteiger partial charge in [0, 0.05) is 30.8 Å². The van der Waals surface area contributed by atoms with E-state index in [9.17, 15) is 13.6 Å². The van der Waals surface area contributed by atoms with Crippen molar-refractivity contribution in [3.63, 3.8) is 0 Å². The lowest BCUT2D eigenvalue weighted by molar-refractivity contribution is 0.101. The molecule has 1 heterocycles. The summed E-state index contributed by atoms with van der Waals surface area (Å²) >= 11 is 12.2. The van der Waals surface area contributed by atoms with Crippen LogP contribution in [0.4, 0.5) is 14.5 Å². The second kappa shape index (κ2) is 6.35. The number of carbonyl (C=O) groups is 1. The Kier molecular flexibility index (Phi) is 4.28. The fourth-order valence-electron chi connectivity index (χ4n) is 4.19. The molecule has 8 heteroatoms. The zero-order chi connectivity index (χ0) is 18.6. The molecule has 136 valence electrons. The summed E-state index contributed by atoms with van der Waals surface area (Å²) < 4.78 is 27.7. The van der Waals surface area contributed by atoms with E-state index in [1.807, 2.05) is 12.1 Å². The topological polar surface area (TPSA) is 46.9 Å². The van der Waals surface area contributed by atoms with E-state index in [-0.39, 0.29) is 21.9 Å². The first-order valence-corrected chi connectivity index (χ1v) is 8.95. The highest BCUT2D eigenvalue weighted by molar-refractivity contribution is 6.56. The Labute approximate surface area is 158 Å².